The number of hydrogen-bond acceptors (Lipinski definition) is 5. The highest BCUT2D eigenvalue weighted by Crippen LogP contribution is 2.35. The van der Waals surface area contributed by atoms with Gasteiger partial charge in [0.05, 0.1) is 6.10 Å². The van der Waals surface area contributed by atoms with Gasteiger partial charge in [-0.15, -0.1) is 0 Å². The molecular weight excluding hydrogens is 330 g/mol. The van der Waals surface area contributed by atoms with Gasteiger partial charge in [-0.1, -0.05) is 49.4 Å². The summed E-state index contributed by atoms with van der Waals surface area (Å²) in [5.41, 5.74) is 1.68. The van der Waals surface area contributed by atoms with Crippen molar-refractivity contribution in [3.63, 3.8) is 0 Å². The predicted octanol–water partition coefficient (Wildman–Crippen LogP) is 2.80. The van der Waals surface area contributed by atoms with E-state index in [9.17, 15) is 15.3 Å². The number of phenols is 1. The number of benzene rings is 2. The molecule has 5 heteroatoms. The normalized spacial score (nSPS) is 13.3. The number of aromatic hydroxyl groups is 1. The van der Waals surface area contributed by atoms with E-state index in [1.807, 2.05) is 30.3 Å². The number of hydrogen-bond donors (Lipinski definition) is 4. The van der Waals surface area contributed by atoms with Crippen molar-refractivity contribution < 1.29 is 20.1 Å². The minimum atomic E-state index is -0.757. The number of aliphatic hydroxyl groups excluding tert-OH is 2. The molecule has 0 aliphatic rings. The lowest BCUT2D eigenvalue weighted by Crippen LogP contribution is -2.32. The van der Waals surface area contributed by atoms with Crippen LogP contribution in [-0.4, -0.2) is 41.1 Å². The fourth-order valence-corrected chi connectivity index (χ4v) is 2.75. The van der Waals surface area contributed by atoms with Gasteiger partial charge in [0.2, 0.25) is 0 Å². The van der Waals surface area contributed by atoms with Gasteiger partial charge in [0, 0.05) is 12.1 Å². The molecule has 0 spiro atoms. The third-order valence-electron chi connectivity index (χ3n) is 4.16. The summed E-state index contributed by atoms with van der Waals surface area (Å²) in [5.74, 6) is 0.206. The molecule has 0 radical (unpaired) electrons. The lowest BCUT2D eigenvalue weighted by Gasteiger charge is -2.19. The Bertz CT molecular complexity index is 648. The van der Waals surface area contributed by atoms with E-state index in [2.05, 4.69) is 12.2 Å². The number of aryl methyl sites for hydroxylation is 1. The van der Waals surface area contributed by atoms with Crippen molar-refractivity contribution in [1.82, 2.24) is 5.32 Å². The van der Waals surface area contributed by atoms with Crippen molar-refractivity contribution >= 4 is 0 Å². The van der Waals surface area contributed by atoms with Gasteiger partial charge in [-0.2, -0.15) is 0 Å². The van der Waals surface area contributed by atoms with Crippen molar-refractivity contribution in [3.8, 4) is 11.5 Å². The van der Waals surface area contributed by atoms with Gasteiger partial charge in [-0.25, -0.2) is 0 Å². The van der Waals surface area contributed by atoms with Crippen LogP contribution in [0.3, 0.4) is 0 Å². The first-order valence-electron chi connectivity index (χ1n) is 9.17. The van der Waals surface area contributed by atoms with E-state index in [0.29, 0.717) is 18.5 Å². The van der Waals surface area contributed by atoms with Crippen LogP contribution < -0.4 is 10.1 Å². The molecule has 0 aliphatic carbocycles. The van der Waals surface area contributed by atoms with Gasteiger partial charge in [-0.05, 0) is 37.4 Å². The zero-order valence-electron chi connectivity index (χ0n) is 15.3. The molecule has 0 heterocycles. The monoisotopic (exact) mass is 359 g/mol. The van der Waals surface area contributed by atoms with Gasteiger partial charge in [-0.3, -0.25) is 0 Å². The third-order valence-corrected chi connectivity index (χ3v) is 4.16. The standard InChI is InChI=1S/C21H29NO4/c1-2-13-22-14-17(23)15-26-21-18(9-6-10-20(21)25)19(24)12-11-16-7-4-3-5-8-16/h3-10,17,19,22-25H,2,11-15H2,1H3/t17-,19?/m0/s1. The number of nitrogens with one attached hydrogen (secondary N) is 1. The molecule has 26 heavy (non-hydrogen) atoms. The van der Waals surface area contributed by atoms with Gasteiger partial charge < -0.3 is 25.4 Å². The van der Waals surface area contributed by atoms with E-state index in [0.717, 1.165) is 24.9 Å². The zero-order valence-corrected chi connectivity index (χ0v) is 15.3. The Hall–Kier alpha value is -2.08. The molecule has 0 bridgehead atoms. The number of ether oxygens (including phenoxy) is 1. The van der Waals surface area contributed by atoms with E-state index in [-0.39, 0.29) is 18.1 Å². The lowest BCUT2D eigenvalue weighted by molar-refractivity contribution is 0.0998. The average molecular weight is 359 g/mol. The van der Waals surface area contributed by atoms with Gasteiger partial charge in [0.15, 0.2) is 11.5 Å². The van der Waals surface area contributed by atoms with E-state index in [4.69, 9.17) is 4.74 Å². The molecule has 2 aromatic carbocycles. The molecule has 2 rings (SSSR count). The predicted molar refractivity (Wildman–Crippen MR) is 102 cm³/mol. The maximum atomic E-state index is 10.6. The quantitative estimate of drug-likeness (QED) is 0.464. The maximum Gasteiger partial charge on any atom is 0.166 e. The van der Waals surface area contributed by atoms with E-state index in [1.165, 1.54) is 6.07 Å². The number of phenolic OH excluding ortho intramolecular Hbond substituents is 1. The molecule has 0 aromatic heterocycles. The molecule has 2 aromatic rings. The molecule has 0 fully saturated rings. The molecule has 0 amide bonds. The Morgan fingerprint density at radius 2 is 1.81 bits per heavy atom. The van der Waals surface area contributed by atoms with Crippen molar-refractivity contribution in [1.29, 1.82) is 0 Å². The molecule has 4 N–H and O–H groups in total. The SMILES string of the molecule is CCCNC[C@H](O)COc1c(O)cccc1C(O)CCc1ccccc1. The molecule has 5 nitrogen and oxygen atoms in total. The summed E-state index contributed by atoms with van der Waals surface area (Å²) < 4.78 is 5.63. The van der Waals surface area contributed by atoms with Gasteiger partial charge in [0.25, 0.3) is 0 Å². The van der Waals surface area contributed by atoms with Crippen LogP contribution in [0, 0.1) is 0 Å². The summed E-state index contributed by atoms with van der Waals surface area (Å²) in [5, 5.41) is 33.8. The summed E-state index contributed by atoms with van der Waals surface area (Å²) in [4.78, 5) is 0. The molecule has 0 saturated heterocycles. The molecule has 2 atom stereocenters. The highest BCUT2D eigenvalue weighted by atomic mass is 16.5. The van der Waals surface area contributed by atoms with Gasteiger partial charge >= 0.3 is 0 Å². The fourth-order valence-electron chi connectivity index (χ4n) is 2.75. The molecule has 1 unspecified atom stereocenters. The topological polar surface area (TPSA) is 82.0 Å². The highest BCUT2D eigenvalue weighted by Gasteiger charge is 2.18. The van der Waals surface area contributed by atoms with Crippen molar-refractivity contribution in [2.24, 2.45) is 0 Å². The molecule has 142 valence electrons. The van der Waals surface area contributed by atoms with Crippen LogP contribution >= 0.6 is 0 Å². The second kappa shape index (κ2) is 10.8. The van der Waals surface area contributed by atoms with Crippen LogP contribution in [0.15, 0.2) is 48.5 Å². The molecule has 0 saturated carbocycles. The zero-order chi connectivity index (χ0) is 18.8. The number of para-hydroxylation sites is 1. The first-order chi connectivity index (χ1) is 12.6. The fraction of sp³-hybridized carbons (Fsp3) is 0.429. The van der Waals surface area contributed by atoms with Crippen LogP contribution in [0.2, 0.25) is 0 Å². The Kier molecular flexibility index (Phi) is 8.41. The summed E-state index contributed by atoms with van der Waals surface area (Å²) in [7, 11) is 0. The van der Waals surface area contributed by atoms with Crippen LogP contribution in [0.25, 0.3) is 0 Å². The summed E-state index contributed by atoms with van der Waals surface area (Å²) >= 11 is 0. The Morgan fingerprint density at radius 1 is 1.04 bits per heavy atom. The molecular formula is C21H29NO4. The Balaban J connectivity index is 1.96. The summed E-state index contributed by atoms with van der Waals surface area (Å²) in [6.07, 6.45) is 0.791. The highest BCUT2D eigenvalue weighted by molar-refractivity contribution is 5.46. The smallest absolute Gasteiger partial charge is 0.166 e. The summed E-state index contributed by atoms with van der Waals surface area (Å²) in [6.45, 7) is 3.36. The van der Waals surface area contributed by atoms with Crippen molar-refractivity contribution in [3.05, 3.63) is 59.7 Å². The summed E-state index contributed by atoms with van der Waals surface area (Å²) in [6, 6.07) is 14.9. The third kappa shape index (κ3) is 6.33. The van der Waals surface area contributed by atoms with Crippen molar-refractivity contribution in [2.45, 2.75) is 38.4 Å². The van der Waals surface area contributed by atoms with Crippen LogP contribution in [0.5, 0.6) is 11.5 Å². The number of rotatable bonds is 11. The first kappa shape index (κ1) is 20.2. The maximum absolute atomic E-state index is 10.6. The largest absolute Gasteiger partial charge is 0.504 e. The average Bonchev–Trinajstić information content (AvgIpc) is 2.66. The first-order valence-corrected chi connectivity index (χ1v) is 9.17. The minimum absolute atomic E-state index is 0.0324. The van der Waals surface area contributed by atoms with Crippen LogP contribution in [0.1, 0.15) is 37.0 Å². The lowest BCUT2D eigenvalue weighted by atomic mass is 10.0. The Morgan fingerprint density at radius 3 is 2.54 bits per heavy atom. The number of aliphatic hydroxyl groups is 2. The second-order valence-corrected chi connectivity index (χ2v) is 6.40. The molecule has 0 aliphatic heterocycles. The van der Waals surface area contributed by atoms with E-state index in [1.54, 1.807) is 12.1 Å². The van der Waals surface area contributed by atoms with E-state index < -0.39 is 12.2 Å². The van der Waals surface area contributed by atoms with Crippen LogP contribution in [0.4, 0.5) is 0 Å². The minimum Gasteiger partial charge on any atom is -0.504 e. The Labute approximate surface area is 155 Å². The van der Waals surface area contributed by atoms with Crippen LogP contribution in [-0.2, 0) is 6.42 Å². The van der Waals surface area contributed by atoms with Crippen molar-refractivity contribution in [2.75, 3.05) is 19.7 Å². The van der Waals surface area contributed by atoms with E-state index >= 15 is 0 Å². The second-order valence-electron chi connectivity index (χ2n) is 6.40. The van der Waals surface area contributed by atoms with Gasteiger partial charge in [0.1, 0.15) is 12.7 Å².